The molecule has 6 nitrogen and oxygen atoms in total. The zero-order valence-corrected chi connectivity index (χ0v) is 19.4. The number of rotatable bonds is 10. The molecule has 0 aliphatic heterocycles. The number of aliphatic hydroxyl groups is 2. The molecule has 0 heterocycles. The first-order chi connectivity index (χ1) is 14.4. The predicted octanol–water partition coefficient (Wildman–Crippen LogP) is 4.17. The average molecular weight is 435 g/mol. The van der Waals surface area contributed by atoms with Crippen molar-refractivity contribution in [3.63, 3.8) is 0 Å². The minimum absolute atomic E-state index is 0.0297. The van der Waals surface area contributed by atoms with Crippen LogP contribution in [-0.4, -0.2) is 45.6 Å². The molecule has 0 saturated carbocycles. The number of aliphatic carboxylic acids is 1. The summed E-state index contributed by atoms with van der Waals surface area (Å²) in [5.41, 5.74) is 2.85. The SMILES string of the molecule is CCC(C)(C)C(=O)O[C@H]1C[C@@H](C)C=C2C=CC(C)=C(CC[C@@H](O)C[C@@H](O)CC(=O)O)[C@H]21. The van der Waals surface area contributed by atoms with E-state index in [1.54, 1.807) is 0 Å². The molecular formula is C25H38O6. The minimum atomic E-state index is -1.08. The highest BCUT2D eigenvalue weighted by molar-refractivity contribution is 5.76. The van der Waals surface area contributed by atoms with Gasteiger partial charge in [-0.05, 0) is 64.4 Å². The second-order valence-electron chi connectivity index (χ2n) is 9.76. The van der Waals surface area contributed by atoms with Crippen LogP contribution in [0, 0.1) is 17.3 Å². The monoisotopic (exact) mass is 434 g/mol. The number of carbonyl (C=O) groups is 2. The van der Waals surface area contributed by atoms with E-state index in [1.165, 1.54) is 0 Å². The van der Waals surface area contributed by atoms with E-state index >= 15 is 0 Å². The number of carboxylic acid groups (broad SMARTS) is 1. The lowest BCUT2D eigenvalue weighted by Gasteiger charge is -2.39. The molecule has 0 aromatic carbocycles. The number of hydrogen-bond donors (Lipinski definition) is 3. The van der Waals surface area contributed by atoms with Gasteiger partial charge in [-0.25, -0.2) is 0 Å². The first kappa shape index (κ1) is 25.3. The van der Waals surface area contributed by atoms with Crippen molar-refractivity contribution in [1.29, 1.82) is 0 Å². The molecule has 2 aliphatic carbocycles. The molecule has 0 aromatic heterocycles. The summed E-state index contributed by atoms with van der Waals surface area (Å²) in [6, 6.07) is 0. The van der Waals surface area contributed by atoms with Crippen LogP contribution in [0.25, 0.3) is 0 Å². The van der Waals surface area contributed by atoms with Gasteiger partial charge in [0.05, 0.1) is 24.0 Å². The fourth-order valence-corrected chi connectivity index (χ4v) is 4.32. The van der Waals surface area contributed by atoms with Crippen molar-refractivity contribution in [1.82, 2.24) is 0 Å². The fourth-order valence-electron chi connectivity index (χ4n) is 4.32. The van der Waals surface area contributed by atoms with Gasteiger partial charge in [0.25, 0.3) is 0 Å². The molecule has 2 aliphatic rings. The molecule has 174 valence electrons. The van der Waals surface area contributed by atoms with E-state index in [-0.39, 0.29) is 30.8 Å². The van der Waals surface area contributed by atoms with Gasteiger partial charge in [-0.2, -0.15) is 0 Å². The van der Waals surface area contributed by atoms with E-state index in [1.807, 2.05) is 27.7 Å². The Morgan fingerprint density at radius 2 is 1.90 bits per heavy atom. The quantitative estimate of drug-likeness (QED) is 0.446. The van der Waals surface area contributed by atoms with E-state index in [2.05, 4.69) is 25.2 Å². The van der Waals surface area contributed by atoms with Gasteiger partial charge < -0.3 is 20.1 Å². The highest BCUT2D eigenvalue weighted by atomic mass is 16.5. The van der Waals surface area contributed by atoms with Crippen LogP contribution >= 0.6 is 0 Å². The summed E-state index contributed by atoms with van der Waals surface area (Å²) >= 11 is 0. The van der Waals surface area contributed by atoms with Gasteiger partial charge >= 0.3 is 11.9 Å². The van der Waals surface area contributed by atoms with Gasteiger partial charge in [0.2, 0.25) is 0 Å². The van der Waals surface area contributed by atoms with Gasteiger partial charge in [0.1, 0.15) is 6.10 Å². The molecule has 0 fully saturated rings. The predicted molar refractivity (Wildman–Crippen MR) is 119 cm³/mol. The largest absolute Gasteiger partial charge is 0.481 e. The first-order valence-corrected chi connectivity index (χ1v) is 11.3. The summed E-state index contributed by atoms with van der Waals surface area (Å²) in [5, 5.41) is 28.9. The van der Waals surface area contributed by atoms with Crippen molar-refractivity contribution < 1.29 is 29.6 Å². The van der Waals surface area contributed by atoms with Crippen LogP contribution in [0.5, 0.6) is 0 Å². The number of carboxylic acids is 1. The maximum absolute atomic E-state index is 12.8. The Balaban J connectivity index is 2.16. The van der Waals surface area contributed by atoms with E-state index < -0.39 is 23.6 Å². The van der Waals surface area contributed by atoms with Crippen molar-refractivity contribution in [3.8, 4) is 0 Å². The molecule has 0 radical (unpaired) electrons. The normalized spacial score (nSPS) is 25.5. The lowest BCUT2D eigenvalue weighted by molar-refractivity contribution is -0.162. The second-order valence-corrected chi connectivity index (χ2v) is 9.76. The Morgan fingerprint density at radius 3 is 2.52 bits per heavy atom. The molecule has 0 aromatic rings. The van der Waals surface area contributed by atoms with Gasteiger partial charge in [0.15, 0.2) is 0 Å². The number of fused-ring (bicyclic) bond motifs is 1. The summed E-state index contributed by atoms with van der Waals surface area (Å²) in [4.78, 5) is 23.6. The van der Waals surface area contributed by atoms with Gasteiger partial charge in [-0.15, -0.1) is 0 Å². The molecule has 2 rings (SSSR count). The Kier molecular flexibility index (Phi) is 8.66. The zero-order valence-electron chi connectivity index (χ0n) is 19.4. The Bertz CT molecular complexity index is 760. The highest BCUT2D eigenvalue weighted by Gasteiger charge is 2.39. The van der Waals surface area contributed by atoms with Gasteiger partial charge in [0, 0.05) is 5.92 Å². The smallest absolute Gasteiger partial charge is 0.311 e. The van der Waals surface area contributed by atoms with Crippen molar-refractivity contribution >= 4 is 11.9 Å². The zero-order chi connectivity index (χ0) is 23.3. The van der Waals surface area contributed by atoms with Crippen LogP contribution in [0.1, 0.15) is 73.1 Å². The van der Waals surface area contributed by atoms with E-state index in [0.29, 0.717) is 25.2 Å². The molecule has 6 heteroatoms. The van der Waals surface area contributed by atoms with Crippen LogP contribution in [0.15, 0.2) is 34.9 Å². The van der Waals surface area contributed by atoms with Crippen molar-refractivity contribution in [2.75, 3.05) is 0 Å². The molecule has 0 spiro atoms. The summed E-state index contributed by atoms with van der Waals surface area (Å²) in [7, 11) is 0. The lowest BCUT2D eigenvalue weighted by atomic mass is 9.71. The third-order valence-electron chi connectivity index (χ3n) is 6.62. The third kappa shape index (κ3) is 6.78. The number of hydrogen-bond acceptors (Lipinski definition) is 5. The summed E-state index contributed by atoms with van der Waals surface area (Å²) in [6.07, 6.45) is 6.40. The molecule has 0 saturated heterocycles. The Morgan fingerprint density at radius 1 is 1.23 bits per heavy atom. The molecule has 0 amide bonds. The van der Waals surface area contributed by atoms with Crippen LogP contribution in [-0.2, 0) is 14.3 Å². The molecular weight excluding hydrogens is 396 g/mol. The summed E-state index contributed by atoms with van der Waals surface area (Å²) in [5.74, 6) is -0.998. The van der Waals surface area contributed by atoms with Crippen molar-refractivity contribution in [2.24, 2.45) is 17.3 Å². The lowest BCUT2D eigenvalue weighted by Crippen LogP contribution is -2.39. The fraction of sp³-hybridized carbons (Fsp3) is 0.680. The van der Waals surface area contributed by atoms with Crippen molar-refractivity contribution in [3.05, 3.63) is 34.9 Å². The van der Waals surface area contributed by atoms with E-state index in [0.717, 1.165) is 23.1 Å². The number of esters is 1. The third-order valence-corrected chi connectivity index (χ3v) is 6.62. The van der Waals surface area contributed by atoms with Crippen LogP contribution in [0.4, 0.5) is 0 Å². The van der Waals surface area contributed by atoms with Gasteiger partial charge in [-0.1, -0.05) is 43.2 Å². The Hall–Kier alpha value is -1.92. The number of carbonyl (C=O) groups excluding carboxylic acids is 1. The average Bonchev–Trinajstić information content (AvgIpc) is 2.66. The topological polar surface area (TPSA) is 104 Å². The minimum Gasteiger partial charge on any atom is -0.481 e. The second kappa shape index (κ2) is 10.6. The molecule has 0 unspecified atom stereocenters. The summed E-state index contributed by atoms with van der Waals surface area (Å²) in [6.45, 7) is 9.94. The number of allylic oxidation sites excluding steroid dienone is 4. The summed E-state index contributed by atoms with van der Waals surface area (Å²) < 4.78 is 6.07. The van der Waals surface area contributed by atoms with Crippen LogP contribution in [0.2, 0.25) is 0 Å². The molecule has 0 bridgehead atoms. The van der Waals surface area contributed by atoms with Crippen molar-refractivity contribution in [2.45, 2.75) is 91.5 Å². The Labute approximate surface area is 185 Å². The maximum Gasteiger partial charge on any atom is 0.311 e. The first-order valence-electron chi connectivity index (χ1n) is 11.3. The van der Waals surface area contributed by atoms with E-state index in [4.69, 9.17) is 9.84 Å². The van der Waals surface area contributed by atoms with Crippen LogP contribution < -0.4 is 0 Å². The van der Waals surface area contributed by atoms with E-state index in [9.17, 15) is 19.8 Å². The van der Waals surface area contributed by atoms with Gasteiger partial charge in [-0.3, -0.25) is 9.59 Å². The number of ether oxygens (including phenoxy) is 1. The molecule has 3 N–H and O–H groups in total. The molecule has 31 heavy (non-hydrogen) atoms. The van der Waals surface area contributed by atoms with Crippen LogP contribution in [0.3, 0.4) is 0 Å². The number of aliphatic hydroxyl groups excluding tert-OH is 2. The highest BCUT2D eigenvalue weighted by Crippen LogP contribution is 2.43. The maximum atomic E-state index is 12.8. The molecule has 5 atom stereocenters. The standard InChI is InChI=1S/C25H38O6/c1-6-25(4,5)24(30)31-21-12-15(2)11-17-8-7-16(3)20(23(17)21)10-9-18(26)13-19(27)14-22(28)29/h7-8,11,15,18-19,21,23,26-27H,6,9-10,12-14H2,1-5H3,(H,28,29)/t15-,18+,19+,21-,23-/m0/s1.